The standard InChI is InChI=1S/C23H27BF2N2O2/c1-6-29-11-12-30-20-9-7-19(8-10-20)21-22-15(2)13-17(4)27(22)24(25,26)28-18(5)14-16(3)23(21)28/h7-10,13-14H,6,11-12H2,1-5H3. The summed E-state index contributed by atoms with van der Waals surface area (Å²) in [5, 5.41) is 0. The molecule has 0 radical (unpaired) electrons. The molecule has 0 amide bonds. The van der Waals surface area contributed by atoms with Gasteiger partial charge < -0.3 is 27.1 Å². The van der Waals surface area contributed by atoms with Crippen LogP contribution in [0.1, 0.15) is 43.3 Å². The number of aryl methyl sites for hydroxylation is 2. The highest BCUT2D eigenvalue weighted by Gasteiger charge is 2.55. The molecule has 0 N–H and O–H groups in total. The lowest BCUT2D eigenvalue weighted by Gasteiger charge is -2.34. The van der Waals surface area contributed by atoms with Crippen LogP contribution in [0.15, 0.2) is 47.7 Å². The molecular weight excluding hydrogens is 385 g/mol. The van der Waals surface area contributed by atoms with Crippen LogP contribution in [0.2, 0.25) is 0 Å². The first-order valence-corrected chi connectivity index (χ1v) is 10.4. The van der Waals surface area contributed by atoms with Gasteiger partial charge in [-0.25, -0.2) is 0 Å². The van der Waals surface area contributed by atoms with Gasteiger partial charge in [0.25, 0.3) is 0 Å². The molecule has 2 aliphatic heterocycles. The van der Waals surface area contributed by atoms with Crippen LogP contribution in [-0.2, 0) is 4.74 Å². The molecule has 7 heteroatoms. The van der Waals surface area contributed by atoms with Crippen molar-refractivity contribution in [3.63, 3.8) is 0 Å². The minimum atomic E-state index is -3.95. The number of hydrogen-bond donors (Lipinski definition) is 0. The van der Waals surface area contributed by atoms with Crippen molar-refractivity contribution in [3.8, 4) is 5.75 Å². The molecule has 0 saturated carbocycles. The van der Waals surface area contributed by atoms with E-state index in [0.717, 1.165) is 28.0 Å². The summed E-state index contributed by atoms with van der Waals surface area (Å²) in [5.74, 6) is 0.732. The first-order valence-electron chi connectivity index (χ1n) is 10.4. The topological polar surface area (TPSA) is 26.4 Å². The molecule has 0 bridgehead atoms. The fourth-order valence-corrected chi connectivity index (χ4v) is 4.65. The molecule has 0 spiro atoms. The highest BCUT2D eigenvalue weighted by molar-refractivity contribution is 6.58. The molecule has 0 atom stereocenters. The lowest BCUT2D eigenvalue weighted by molar-refractivity contribution is -0.363. The van der Waals surface area contributed by atoms with Gasteiger partial charge in [0.05, 0.1) is 12.2 Å². The van der Waals surface area contributed by atoms with Crippen molar-refractivity contribution in [2.45, 2.75) is 34.6 Å². The van der Waals surface area contributed by atoms with Gasteiger partial charge in [0.2, 0.25) is 0 Å². The van der Waals surface area contributed by atoms with Gasteiger partial charge in [0.1, 0.15) is 18.1 Å². The Morgan fingerprint density at radius 1 is 1.03 bits per heavy atom. The summed E-state index contributed by atoms with van der Waals surface area (Å²) in [6, 6.07) is 9.50. The summed E-state index contributed by atoms with van der Waals surface area (Å²) in [5.41, 5.74) is 5.75. The lowest BCUT2D eigenvalue weighted by atomic mass is 9.84. The quantitative estimate of drug-likeness (QED) is 0.496. The minimum Gasteiger partial charge on any atom is -0.491 e. The third-order valence-electron chi connectivity index (χ3n) is 5.78. The molecule has 30 heavy (non-hydrogen) atoms. The van der Waals surface area contributed by atoms with Gasteiger partial charge in [-0.1, -0.05) is 12.1 Å². The molecule has 4 nitrogen and oxygen atoms in total. The molecule has 1 aromatic heterocycles. The number of allylic oxidation sites excluding steroid dienone is 2. The van der Waals surface area contributed by atoms with E-state index in [1.165, 1.54) is 8.96 Å². The highest BCUT2D eigenvalue weighted by atomic mass is 19.2. The van der Waals surface area contributed by atoms with E-state index in [1.54, 1.807) is 13.8 Å². The second kappa shape index (κ2) is 7.54. The molecule has 2 aromatic rings. The number of aromatic nitrogens is 1. The summed E-state index contributed by atoms with van der Waals surface area (Å²) < 4.78 is 44.7. The third-order valence-corrected chi connectivity index (χ3v) is 5.78. The second-order valence-corrected chi connectivity index (χ2v) is 7.91. The van der Waals surface area contributed by atoms with Gasteiger partial charge in [0, 0.05) is 30.9 Å². The average Bonchev–Trinajstić information content (AvgIpc) is 3.16. The normalized spacial score (nSPS) is 17.2. The minimum absolute atomic E-state index is 0.473. The van der Waals surface area contributed by atoms with Gasteiger partial charge in [-0.3, -0.25) is 0 Å². The van der Waals surface area contributed by atoms with E-state index in [-0.39, 0.29) is 0 Å². The number of rotatable bonds is 6. The zero-order chi connectivity index (χ0) is 21.6. The van der Waals surface area contributed by atoms with Crippen LogP contribution in [0, 0.1) is 13.8 Å². The Morgan fingerprint density at radius 3 is 2.40 bits per heavy atom. The summed E-state index contributed by atoms with van der Waals surface area (Å²) in [4.78, 5) is 0. The summed E-state index contributed by atoms with van der Waals surface area (Å²) in [6.45, 7) is 6.95. The Morgan fingerprint density at radius 2 is 1.73 bits per heavy atom. The van der Waals surface area contributed by atoms with Crippen LogP contribution in [0.4, 0.5) is 8.63 Å². The van der Waals surface area contributed by atoms with Crippen molar-refractivity contribution in [2.75, 3.05) is 19.8 Å². The Bertz CT molecular complexity index is 1100. The van der Waals surface area contributed by atoms with Crippen molar-refractivity contribution < 1.29 is 22.6 Å². The largest absolute Gasteiger partial charge is 0.737 e. The molecule has 0 saturated heterocycles. The van der Waals surface area contributed by atoms with Crippen molar-refractivity contribution >= 4 is 18.3 Å². The van der Waals surface area contributed by atoms with Crippen LogP contribution in [0.3, 0.4) is 0 Å². The number of halogens is 2. The van der Waals surface area contributed by atoms with E-state index in [1.807, 2.05) is 57.2 Å². The van der Waals surface area contributed by atoms with Crippen molar-refractivity contribution in [1.29, 1.82) is 0 Å². The van der Waals surface area contributed by atoms with Crippen LogP contribution < -0.4 is 4.74 Å². The van der Waals surface area contributed by atoms with E-state index >= 15 is 8.63 Å². The van der Waals surface area contributed by atoms with Gasteiger partial charge in [-0.15, -0.1) is 0 Å². The summed E-state index contributed by atoms with van der Waals surface area (Å²) in [7, 11) is 0. The molecule has 0 unspecified atom stereocenters. The van der Waals surface area contributed by atoms with Crippen molar-refractivity contribution in [3.05, 3.63) is 70.2 Å². The van der Waals surface area contributed by atoms with E-state index in [0.29, 0.717) is 42.6 Å². The Labute approximate surface area is 176 Å². The zero-order valence-electron chi connectivity index (χ0n) is 18.1. The van der Waals surface area contributed by atoms with Crippen LogP contribution in [0.25, 0.3) is 5.57 Å². The summed E-state index contributed by atoms with van der Waals surface area (Å²) in [6.07, 6.45) is 1.84. The first-order chi connectivity index (χ1) is 14.3. The molecular formula is C23H27BF2N2O2. The summed E-state index contributed by atoms with van der Waals surface area (Å²) >= 11 is 0. The maximum Gasteiger partial charge on any atom is 0.737 e. The molecule has 158 valence electrons. The van der Waals surface area contributed by atoms with Gasteiger partial charge in [0.15, 0.2) is 5.70 Å². The number of benzene rings is 1. The van der Waals surface area contributed by atoms with Crippen LogP contribution >= 0.6 is 0 Å². The molecule has 4 rings (SSSR count). The third kappa shape index (κ3) is 3.12. The number of ether oxygens (including phenoxy) is 2. The molecule has 2 aliphatic rings. The van der Waals surface area contributed by atoms with Gasteiger partial charge in [-0.05, 0) is 62.7 Å². The number of hydrogen-bond acceptors (Lipinski definition) is 2. The first kappa shape index (κ1) is 20.6. The molecule has 0 aliphatic carbocycles. The molecule has 3 heterocycles. The maximum absolute atomic E-state index is 15.6. The van der Waals surface area contributed by atoms with Crippen LogP contribution in [0.5, 0.6) is 5.75 Å². The van der Waals surface area contributed by atoms with Gasteiger partial charge >= 0.3 is 6.97 Å². The molecule has 1 aromatic carbocycles. The highest BCUT2D eigenvalue weighted by Crippen LogP contribution is 2.44. The smallest absolute Gasteiger partial charge is 0.491 e. The van der Waals surface area contributed by atoms with E-state index in [2.05, 4.69) is 0 Å². The Hall–Kier alpha value is -2.67. The number of fused-ring (bicyclic) bond motifs is 2. The van der Waals surface area contributed by atoms with E-state index in [9.17, 15) is 0 Å². The predicted molar refractivity (Wildman–Crippen MR) is 116 cm³/mol. The van der Waals surface area contributed by atoms with Crippen molar-refractivity contribution in [1.82, 2.24) is 4.48 Å². The maximum atomic E-state index is 15.6. The monoisotopic (exact) mass is 412 g/mol. The Kier molecular flexibility index (Phi) is 5.18. The second-order valence-electron chi connectivity index (χ2n) is 7.91. The fourth-order valence-electron chi connectivity index (χ4n) is 4.65. The number of nitrogens with zero attached hydrogens (tertiary/aromatic N) is 2. The van der Waals surface area contributed by atoms with Crippen molar-refractivity contribution in [2.24, 2.45) is 0 Å². The average molecular weight is 412 g/mol. The molecule has 0 fully saturated rings. The van der Waals surface area contributed by atoms with Crippen LogP contribution in [-0.4, -0.2) is 41.5 Å². The van der Waals surface area contributed by atoms with E-state index in [4.69, 9.17) is 9.47 Å². The Balaban J connectivity index is 1.83. The van der Waals surface area contributed by atoms with E-state index < -0.39 is 6.97 Å². The fraction of sp³-hybridized carbons (Fsp3) is 0.348. The zero-order valence-corrected chi connectivity index (χ0v) is 18.1. The lowest BCUT2D eigenvalue weighted by Crippen LogP contribution is -2.51. The predicted octanol–water partition coefficient (Wildman–Crippen LogP) is 4.95. The SMILES string of the molecule is CCOCCOc1ccc(C2=C3C(C)=CC(C)=[N+]3[B-](F)(F)n3c(C)cc(C)c32)cc1. The van der Waals surface area contributed by atoms with Gasteiger partial charge in [-0.2, -0.15) is 0 Å².